The van der Waals surface area contributed by atoms with Crippen molar-refractivity contribution in [1.29, 1.82) is 0 Å². The quantitative estimate of drug-likeness (QED) is 0.638. The zero-order valence-corrected chi connectivity index (χ0v) is 17.5. The zero-order chi connectivity index (χ0) is 21.0. The van der Waals surface area contributed by atoms with E-state index in [4.69, 9.17) is 23.2 Å². The molecule has 1 N–H and O–H groups in total. The van der Waals surface area contributed by atoms with E-state index in [1.165, 1.54) is 0 Å². The smallest absolute Gasteiger partial charge is 0.274 e. The Hall–Kier alpha value is -2.83. The number of nitrogens with zero attached hydrogens (tertiary/aromatic N) is 2. The van der Waals surface area contributed by atoms with E-state index < -0.39 is 0 Å². The van der Waals surface area contributed by atoms with Crippen LogP contribution < -0.4 is 10.8 Å². The van der Waals surface area contributed by atoms with E-state index in [9.17, 15) is 9.59 Å². The fourth-order valence-corrected chi connectivity index (χ4v) is 3.13. The minimum atomic E-state index is -0.311. The molecule has 0 radical (unpaired) electrons. The number of amides is 2. The van der Waals surface area contributed by atoms with Crippen LogP contribution in [-0.4, -0.2) is 36.6 Å². The molecule has 0 unspecified atom stereocenters. The first-order valence-electron chi connectivity index (χ1n) is 8.87. The summed E-state index contributed by atoms with van der Waals surface area (Å²) in [6, 6.07) is 15.6. The largest absolute Gasteiger partial charge is 0.337 e. The average Bonchev–Trinajstić information content (AvgIpc) is 2.72. The lowest BCUT2D eigenvalue weighted by molar-refractivity contribution is 0.0785. The number of rotatable bonds is 5. The number of anilines is 1. The molecule has 2 amide bonds. The highest BCUT2D eigenvalue weighted by atomic mass is 35.5. The van der Waals surface area contributed by atoms with Gasteiger partial charge in [0.25, 0.3) is 11.8 Å². The van der Waals surface area contributed by atoms with Crippen molar-refractivity contribution in [2.75, 3.05) is 12.4 Å². The maximum Gasteiger partial charge on any atom is 0.274 e. The molecule has 3 aromatic rings. The molecule has 1 heterocycles. The third-order valence-corrected chi connectivity index (χ3v) is 5.07. The van der Waals surface area contributed by atoms with Gasteiger partial charge in [0, 0.05) is 31.0 Å². The number of carbonyl (C=O) groups excluding carboxylic acids is 2. The Bertz CT molecular complexity index is 1060. The molecule has 5 nitrogen and oxygen atoms in total. The Balaban J connectivity index is 1.81. The minimum absolute atomic E-state index is 0.202. The number of nitrogens with one attached hydrogen (secondary N) is 1. The van der Waals surface area contributed by atoms with E-state index in [1.54, 1.807) is 54.5 Å². The highest BCUT2D eigenvalue weighted by Gasteiger charge is 2.16. The van der Waals surface area contributed by atoms with Gasteiger partial charge in [0.2, 0.25) is 0 Å². The second-order valence-corrected chi connectivity index (χ2v) is 7.43. The second-order valence-electron chi connectivity index (χ2n) is 6.62. The van der Waals surface area contributed by atoms with Gasteiger partial charge in [-0.25, -0.2) is 0 Å². The SMILES string of the molecule is Bc1ccc(NC(=O)c2ccccn2)c(CN(C)C(=O)c2ccc(Cl)c(Cl)c2)c1. The Morgan fingerprint density at radius 3 is 2.55 bits per heavy atom. The average molecular weight is 426 g/mol. The molecule has 2 aromatic carbocycles. The Labute approximate surface area is 180 Å². The molecule has 0 saturated heterocycles. The van der Waals surface area contributed by atoms with Crippen molar-refractivity contribution in [3.8, 4) is 0 Å². The summed E-state index contributed by atoms with van der Waals surface area (Å²) in [7, 11) is 3.65. The third kappa shape index (κ3) is 5.16. The predicted octanol–water partition coefficient (Wildman–Crippen LogP) is 3.17. The molecule has 0 aliphatic rings. The van der Waals surface area contributed by atoms with Crippen LogP contribution in [0.3, 0.4) is 0 Å². The van der Waals surface area contributed by atoms with Crippen molar-refractivity contribution in [2.24, 2.45) is 0 Å². The van der Waals surface area contributed by atoms with Crippen LogP contribution in [0.15, 0.2) is 60.8 Å². The Morgan fingerprint density at radius 1 is 1.07 bits per heavy atom. The van der Waals surface area contributed by atoms with E-state index in [2.05, 4.69) is 10.3 Å². The summed E-state index contributed by atoms with van der Waals surface area (Å²) in [5, 5.41) is 3.59. The first kappa shape index (κ1) is 20.9. The number of pyridine rings is 1. The third-order valence-electron chi connectivity index (χ3n) is 4.33. The monoisotopic (exact) mass is 425 g/mol. The van der Waals surface area contributed by atoms with Gasteiger partial charge in [0.1, 0.15) is 13.5 Å². The van der Waals surface area contributed by atoms with Gasteiger partial charge < -0.3 is 10.2 Å². The van der Waals surface area contributed by atoms with Crippen molar-refractivity contribution in [1.82, 2.24) is 9.88 Å². The van der Waals surface area contributed by atoms with Crippen LogP contribution in [0.5, 0.6) is 0 Å². The molecule has 0 atom stereocenters. The molecule has 3 rings (SSSR count). The lowest BCUT2D eigenvalue weighted by Gasteiger charge is -2.20. The van der Waals surface area contributed by atoms with Crippen LogP contribution in [-0.2, 0) is 6.54 Å². The van der Waals surface area contributed by atoms with Crippen LogP contribution in [0.4, 0.5) is 5.69 Å². The van der Waals surface area contributed by atoms with Crippen molar-refractivity contribution in [3.05, 3.63) is 87.7 Å². The summed E-state index contributed by atoms with van der Waals surface area (Å²) in [4.78, 5) is 30.9. The van der Waals surface area contributed by atoms with Crippen LogP contribution in [0.1, 0.15) is 26.4 Å². The lowest BCUT2D eigenvalue weighted by atomic mass is 9.93. The molecule has 0 spiro atoms. The lowest BCUT2D eigenvalue weighted by Crippen LogP contribution is -2.27. The highest BCUT2D eigenvalue weighted by Crippen LogP contribution is 2.24. The standard InChI is InChI=1S/C21H18BCl2N3O2/c1-27(21(29)13-5-7-16(23)17(24)11-13)12-14-10-15(22)6-8-18(14)26-20(28)19-4-2-3-9-25-19/h2-11H,12,22H2,1H3,(H,26,28). The molecular weight excluding hydrogens is 408 g/mol. The summed E-state index contributed by atoms with van der Waals surface area (Å²) >= 11 is 12.0. The number of hydrogen-bond donors (Lipinski definition) is 1. The molecular formula is C21H18BCl2N3O2. The van der Waals surface area contributed by atoms with Gasteiger partial charge in [-0.05, 0) is 42.0 Å². The van der Waals surface area contributed by atoms with Gasteiger partial charge in [-0.2, -0.15) is 0 Å². The zero-order valence-electron chi connectivity index (χ0n) is 15.9. The molecule has 29 heavy (non-hydrogen) atoms. The van der Waals surface area contributed by atoms with Crippen LogP contribution in [0, 0.1) is 0 Å². The fraction of sp³-hybridized carbons (Fsp3) is 0.0952. The topological polar surface area (TPSA) is 62.3 Å². The number of benzene rings is 2. The minimum Gasteiger partial charge on any atom is -0.337 e. The van der Waals surface area contributed by atoms with E-state index in [0.717, 1.165) is 11.0 Å². The van der Waals surface area contributed by atoms with Crippen molar-refractivity contribution < 1.29 is 9.59 Å². The maximum absolute atomic E-state index is 12.8. The van der Waals surface area contributed by atoms with Gasteiger partial charge in [-0.3, -0.25) is 14.6 Å². The first-order valence-corrected chi connectivity index (χ1v) is 9.63. The van der Waals surface area contributed by atoms with E-state index in [-0.39, 0.29) is 11.8 Å². The van der Waals surface area contributed by atoms with Gasteiger partial charge in [0.15, 0.2) is 0 Å². The van der Waals surface area contributed by atoms with Gasteiger partial charge in [0.05, 0.1) is 10.0 Å². The van der Waals surface area contributed by atoms with Gasteiger partial charge >= 0.3 is 0 Å². The molecule has 0 aliphatic heterocycles. The predicted molar refractivity (Wildman–Crippen MR) is 119 cm³/mol. The Kier molecular flexibility index (Phi) is 6.57. The molecule has 0 fully saturated rings. The number of carbonyl (C=O) groups is 2. The van der Waals surface area contributed by atoms with Crippen LogP contribution in [0.25, 0.3) is 0 Å². The summed E-state index contributed by atoms with van der Waals surface area (Å²) < 4.78 is 0. The summed E-state index contributed by atoms with van der Waals surface area (Å²) in [6.45, 7) is 0.304. The van der Waals surface area contributed by atoms with Crippen LogP contribution in [0.2, 0.25) is 10.0 Å². The highest BCUT2D eigenvalue weighted by molar-refractivity contribution is 6.42. The number of halogens is 2. The fourth-order valence-electron chi connectivity index (χ4n) is 2.84. The van der Waals surface area contributed by atoms with Crippen LogP contribution >= 0.6 is 23.2 Å². The molecule has 1 aromatic heterocycles. The summed E-state index contributed by atoms with van der Waals surface area (Å²) in [6.07, 6.45) is 1.56. The number of hydrogen-bond acceptors (Lipinski definition) is 3. The van der Waals surface area contributed by atoms with Crippen molar-refractivity contribution in [2.45, 2.75) is 6.54 Å². The normalized spacial score (nSPS) is 10.4. The maximum atomic E-state index is 12.8. The van der Waals surface area contributed by atoms with Crippen molar-refractivity contribution in [3.63, 3.8) is 0 Å². The van der Waals surface area contributed by atoms with Crippen molar-refractivity contribution >= 4 is 54.0 Å². The molecule has 0 saturated carbocycles. The van der Waals surface area contributed by atoms with Gasteiger partial charge in [-0.15, -0.1) is 0 Å². The molecule has 8 heteroatoms. The Morgan fingerprint density at radius 2 is 1.86 bits per heavy atom. The molecule has 0 bridgehead atoms. The molecule has 0 aliphatic carbocycles. The van der Waals surface area contributed by atoms with E-state index in [0.29, 0.717) is 33.5 Å². The summed E-state index contributed by atoms with van der Waals surface area (Å²) in [5.74, 6) is -0.513. The summed E-state index contributed by atoms with van der Waals surface area (Å²) in [5.41, 5.74) is 3.21. The van der Waals surface area contributed by atoms with Gasteiger partial charge in [-0.1, -0.05) is 46.9 Å². The first-order chi connectivity index (χ1) is 13.8. The second kappa shape index (κ2) is 9.12. The van der Waals surface area contributed by atoms with E-state index >= 15 is 0 Å². The number of aromatic nitrogens is 1. The van der Waals surface area contributed by atoms with E-state index in [1.807, 2.05) is 26.0 Å². The molecule has 146 valence electrons.